The highest BCUT2D eigenvalue weighted by molar-refractivity contribution is 5.99. The second-order valence-electron chi connectivity index (χ2n) is 6.53. The lowest BCUT2D eigenvalue weighted by Crippen LogP contribution is -2.45. The Balaban J connectivity index is 2.15. The fourth-order valence-corrected chi connectivity index (χ4v) is 3.20. The molecular formula is C19H29N3O2. The third-order valence-corrected chi connectivity index (χ3v) is 4.38. The average molecular weight is 331 g/mol. The molecule has 1 saturated heterocycles. The van der Waals surface area contributed by atoms with Gasteiger partial charge >= 0.3 is 0 Å². The Bertz CT molecular complexity index is 535. The number of nitrogens with two attached hydrogens (primary N) is 1. The number of hydrogen-bond acceptors (Lipinski definition) is 3. The predicted molar refractivity (Wildman–Crippen MR) is 96.0 cm³/mol. The SMILES string of the molecule is CCCN(CCC)C(=O)c1cccc(C(=O)N2CCCC(N)C2)c1. The summed E-state index contributed by atoms with van der Waals surface area (Å²) in [6, 6.07) is 7.14. The van der Waals surface area contributed by atoms with Crippen molar-refractivity contribution < 1.29 is 9.59 Å². The molecule has 1 aliphatic heterocycles. The molecule has 0 aromatic heterocycles. The molecule has 1 atom stereocenters. The van der Waals surface area contributed by atoms with E-state index in [1.165, 1.54) is 0 Å². The molecule has 0 saturated carbocycles. The number of hydrogen-bond donors (Lipinski definition) is 1. The number of benzene rings is 1. The molecule has 1 aliphatic rings. The van der Waals surface area contributed by atoms with Gasteiger partial charge in [0, 0.05) is 43.3 Å². The van der Waals surface area contributed by atoms with E-state index in [1.807, 2.05) is 4.90 Å². The van der Waals surface area contributed by atoms with Crippen LogP contribution in [0, 0.1) is 0 Å². The zero-order valence-electron chi connectivity index (χ0n) is 14.8. The Morgan fingerprint density at radius 3 is 2.50 bits per heavy atom. The highest BCUT2D eigenvalue weighted by Gasteiger charge is 2.23. The van der Waals surface area contributed by atoms with Gasteiger partial charge in [-0.25, -0.2) is 0 Å². The molecule has 1 unspecified atom stereocenters. The van der Waals surface area contributed by atoms with Crippen molar-refractivity contribution >= 4 is 11.8 Å². The Kier molecular flexibility index (Phi) is 6.79. The van der Waals surface area contributed by atoms with Gasteiger partial charge in [-0.15, -0.1) is 0 Å². The summed E-state index contributed by atoms with van der Waals surface area (Å²) in [5, 5.41) is 0. The number of nitrogens with zero attached hydrogens (tertiary/aromatic N) is 2. The number of amides is 2. The van der Waals surface area contributed by atoms with Crippen LogP contribution >= 0.6 is 0 Å². The number of carbonyl (C=O) groups excluding carboxylic acids is 2. The maximum Gasteiger partial charge on any atom is 0.253 e. The van der Waals surface area contributed by atoms with Crippen molar-refractivity contribution in [1.29, 1.82) is 0 Å². The minimum absolute atomic E-state index is 0.00342. The number of carbonyl (C=O) groups is 2. The van der Waals surface area contributed by atoms with Crippen molar-refractivity contribution in [3.05, 3.63) is 35.4 Å². The molecule has 2 rings (SSSR count). The molecule has 1 aromatic carbocycles. The first-order chi connectivity index (χ1) is 11.6. The molecule has 2 N–H and O–H groups in total. The molecule has 132 valence electrons. The van der Waals surface area contributed by atoms with Gasteiger partial charge in [0.15, 0.2) is 0 Å². The fraction of sp³-hybridized carbons (Fsp3) is 0.579. The van der Waals surface area contributed by atoms with Gasteiger partial charge in [-0.05, 0) is 43.9 Å². The molecule has 1 heterocycles. The summed E-state index contributed by atoms with van der Waals surface area (Å²) in [6.45, 7) is 6.94. The number of piperidine rings is 1. The summed E-state index contributed by atoms with van der Waals surface area (Å²) in [5.41, 5.74) is 7.13. The minimum Gasteiger partial charge on any atom is -0.339 e. The van der Waals surface area contributed by atoms with Gasteiger partial charge in [0.1, 0.15) is 0 Å². The average Bonchev–Trinajstić information content (AvgIpc) is 2.60. The highest BCUT2D eigenvalue weighted by atomic mass is 16.2. The van der Waals surface area contributed by atoms with E-state index in [1.54, 1.807) is 29.2 Å². The van der Waals surface area contributed by atoms with Crippen LogP contribution in [0.1, 0.15) is 60.2 Å². The monoisotopic (exact) mass is 331 g/mol. The molecule has 5 heteroatoms. The van der Waals surface area contributed by atoms with Crippen LogP contribution in [-0.4, -0.2) is 53.8 Å². The smallest absolute Gasteiger partial charge is 0.253 e. The molecule has 1 aromatic rings. The summed E-state index contributed by atoms with van der Waals surface area (Å²) in [5.74, 6) is -0.0268. The molecule has 2 amide bonds. The molecule has 0 bridgehead atoms. The van der Waals surface area contributed by atoms with Crippen LogP contribution in [0.25, 0.3) is 0 Å². The first kappa shape index (κ1) is 18.5. The van der Waals surface area contributed by atoms with E-state index in [0.29, 0.717) is 17.7 Å². The van der Waals surface area contributed by atoms with Crippen LogP contribution < -0.4 is 5.73 Å². The largest absolute Gasteiger partial charge is 0.339 e. The molecule has 1 fully saturated rings. The predicted octanol–water partition coefficient (Wildman–Crippen LogP) is 2.51. The van der Waals surface area contributed by atoms with E-state index in [9.17, 15) is 9.59 Å². The standard InChI is InChI=1S/C19H29N3O2/c1-3-10-21(11-4-2)18(23)15-7-5-8-16(13-15)19(24)22-12-6-9-17(20)14-22/h5,7-8,13,17H,3-4,6,9-12,14,20H2,1-2H3. The van der Waals surface area contributed by atoms with E-state index < -0.39 is 0 Å². The van der Waals surface area contributed by atoms with Crippen molar-refractivity contribution in [1.82, 2.24) is 9.80 Å². The topological polar surface area (TPSA) is 66.6 Å². The van der Waals surface area contributed by atoms with Crippen LogP contribution in [0.5, 0.6) is 0 Å². The van der Waals surface area contributed by atoms with E-state index in [0.717, 1.165) is 45.3 Å². The van der Waals surface area contributed by atoms with Crippen LogP contribution in [0.3, 0.4) is 0 Å². The van der Waals surface area contributed by atoms with Gasteiger partial charge in [0.2, 0.25) is 0 Å². The highest BCUT2D eigenvalue weighted by Crippen LogP contribution is 2.15. The maximum atomic E-state index is 12.7. The van der Waals surface area contributed by atoms with Gasteiger partial charge < -0.3 is 15.5 Å². The summed E-state index contributed by atoms with van der Waals surface area (Å²) in [6.07, 6.45) is 3.75. The molecule has 0 radical (unpaired) electrons. The van der Waals surface area contributed by atoms with Crippen molar-refractivity contribution in [2.24, 2.45) is 5.73 Å². The van der Waals surface area contributed by atoms with Gasteiger partial charge in [0.25, 0.3) is 11.8 Å². The third-order valence-electron chi connectivity index (χ3n) is 4.38. The van der Waals surface area contributed by atoms with Gasteiger partial charge in [0.05, 0.1) is 0 Å². The normalized spacial score (nSPS) is 17.6. The lowest BCUT2D eigenvalue weighted by Gasteiger charge is -2.31. The van der Waals surface area contributed by atoms with Gasteiger partial charge in [-0.1, -0.05) is 19.9 Å². The van der Waals surface area contributed by atoms with Crippen LogP contribution in [-0.2, 0) is 0 Å². The zero-order chi connectivity index (χ0) is 17.5. The second kappa shape index (κ2) is 8.83. The van der Waals surface area contributed by atoms with Gasteiger partial charge in [-0.3, -0.25) is 9.59 Å². The first-order valence-corrected chi connectivity index (χ1v) is 9.01. The Morgan fingerprint density at radius 1 is 1.21 bits per heavy atom. The second-order valence-corrected chi connectivity index (χ2v) is 6.53. The van der Waals surface area contributed by atoms with Crippen molar-refractivity contribution in [3.8, 4) is 0 Å². The third kappa shape index (κ3) is 4.57. The number of likely N-dealkylation sites (tertiary alicyclic amines) is 1. The van der Waals surface area contributed by atoms with Crippen LogP contribution in [0.15, 0.2) is 24.3 Å². The van der Waals surface area contributed by atoms with E-state index in [-0.39, 0.29) is 17.9 Å². The Morgan fingerprint density at radius 2 is 1.88 bits per heavy atom. The molecule has 0 spiro atoms. The fourth-order valence-electron chi connectivity index (χ4n) is 3.20. The summed E-state index contributed by atoms with van der Waals surface area (Å²) in [4.78, 5) is 29.1. The summed E-state index contributed by atoms with van der Waals surface area (Å²) >= 11 is 0. The lowest BCUT2D eigenvalue weighted by molar-refractivity contribution is 0.0708. The zero-order valence-corrected chi connectivity index (χ0v) is 14.8. The minimum atomic E-state index is -0.0302. The first-order valence-electron chi connectivity index (χ1n) is 9.01. The Hall–Kier alpha value is -1.88. The van der Waals surface area contributed by atoms with Crippen molar-refractivity contribution in [2.45, 2.75) is 45.6 Å². The quantitative estimate of drug-likeness (QED) is 0.871. The van der Waals surface area contributed by atoms with Crippen LogP contribution in [0.2, 0.25) is 0 Å². The van der Waals surface area contributed by atoms with E-state index in [4.69, 9.17) is 5.73 Å². The van der Waals surface area contributed by atoms with Gasteiger partial charge in [-0.2, -0.15) is 0 Å². The van der Waals surface area contributed by atoms with Crippen molar-refractivity contribution in [3.63, 3.8) is 0 Å². The van der Waals surface area contributed by atoms with E-state index in [2.05, 4.69) is 13.8 Å². The van der Waals surface area contributed by atoms with E-state index >= 15 is 0 Å². The number of rotatable bonds is 6. The summed E-state index contributed by atoms with van der Waals surface area (Å²) < 4.78 is 0. The van der Waals surface area contributed by atoms with Crippen LogP contribution in [0.4, 0.5) is 0 Å². The Labute approximate surface area is 144 Å². The summed E-state index contributed by atoms with van der Waals surface area (Å²) in [7, 11) is 0. The molecule has 24 heavy (non-hydrogen) atoms. The molecular weight excluding hydrogens is 302 g/mol. The molecule has 0 aliphatic carbocycles. The maximum absolute atomic E-state index is 12.7. The molecule has 5 nitrogen and oxygen atoms in total. The lowest BCUT2D eigenvalue weighted by atomic mass is 10.0. The van der Waals surface area contributed by atoms with Crippen molar-refractivity contribution in [2.75, 3.05) is 26.2 Å².